The Morgan fingerprint density at radius 1 is 1.21 bits per heavy atom. The zero-order chi connectivity index (χ0) is 14.7. The van der Waals surface area contributed by atoms with Gasteiger partial charge in [0, 0.05) is 20.8 Å². The number of urea groups is 1. The van der Waals surface area contributed by atoms with Crippen LogP contribution in [0, 0.1) is 0 Å². The van der Waals surface area contributed by atoms with Crippen LogP contribution in [-0.2, 0) is 14.3 Å². The number of amides is 2. The van der Waals surface area contributed by atoms with E-state index < -0.39 is 18.0 Å². The summed E-state index contributed by atoms with van der Waals surface area (Å²) in [6, 6.07) is -1.53. The maximum Gasteiger partial charge on any atom is 0.326 e. The Morgan fingerprint density at radius 2 is 1.89 bits per heavy atom. The van der Waals surface area contributed by atoms with Gasteiger partial charge in [-0.05, 0) is 19.3 Å². The van der Waals surface area contributed by atoms with Crippen molar-refractivity contribution in [3.05, 3.63) is 0 Å². The second-order valence-electron chi connectivity index (χ2n) is 4.20. The minimum Gasteiger partial charge on any atom is -0.480 e. The number of aliphatic carboxylic acids is 1. The van der Waals surface area contributed by atoms with Crippen molar-refractivity contribution in [3.8, 4) is 0 Å². The molecule has 2 unspecified atom stereocenters. The molecule has 2 atom stereocenters. The van der Waals surface area contributed by atoms with Crippen molar-refractivity contribution in [1.82, 2.24) is 10.6 Å². The normalized spacial score (nSPS) is 13.6. The van der Waals surface area contributed by atoms with Crippen molar-refractivity contribution in [2.24, 2.45) is 0 Å². The van der Waals surface area contributed by atoms with E-state index in [0.717, 1.165) is 0 Å². The third-order valence-electron chi connectivity index (χ3n) is 2.64. The standard InChI is InChI=1S/C12H24N2O5/c1-4-9(8-19-3)13-12(17)14-10(11(15)16)6-5-7-18-2/h9-10H,4-8H2,1-3H3,(H,15,16)(H2,13,14,17). The topological polar surface area (TPSA) is 96.9 Å². The fraction of sp³-hybridized carbons (Fsp3) is 0.833. The van der Waals surface area contributed by atoms with Crippen LogP contribution in [0.4, 0.5) is 4.79 Å². The van der Waals surface area contributed by atoms with Gasteiger partial charge < -0.3 is 25.2 Å². The average molecular weight is 276 g/mol. The van der Waals surface area contributed by atoms with E-state index in [1.165, 1.54) is 0 Å². The van der Waals surface area contributed by atoms with Gasteiger partial charge in [-0.2, -0.15) is 0 Å². The number of rotatable bonds is 10. The third-order valence-corrected chi connectivity index (χ3v) is 2.64. The zero-order valence-electron chi connectivity index (χ0n) is 11.8. The number of hydrogen-bond donors (Lipinski definition) is 3. The number of carboxylic acid groups (broad SMARTS) is 1. The molecule has 0 spiro atoms. The molecule has 0 heterocycles. The molecule has 0 radical (unpaired) electrons. The fourth-order valence-electron chi connectivity index (χ4n) is 1.54. The Labute approximate surface area is 113 Å². The van der Waals surface area contributed by atoms with Gasteiger partial charge in [0.05, 0.1) is 12.6 Å². The van der Waals surface area contributed by atoms with Crippen LogP contribution in [0.15, 0.2) is 0 Å². The van der Waals surface area contributed by atoms with Gasteiger partial charge in [0.25, 0.3) is 0 Å². The summed E-state index contributed by atoms with van der Waals surface area (Å²) in [4.78, 5) is 22.7. The SMILES string of the molecule is CCC(COC)NC(=O)NC(CCCOC)C(=O)O. The number of carbonyl (C=O) groups is 2. The number of hydrogen-bond acceptors (Lipinski definition) is 4. The van der Waals surface area contributed by atoms with Crippen molar-refractivity contribution in [2.75, 3.05) is 27.4 Å². The molecule has 0 aliphatic carbocycles. The Hall–Kier alpha value is -1.34. The van der Waals surface area contributed by atoms with Crippen LogP contribution >= 0.6 is 0 Å². The molecule has 0 bridgehead atoms. The lowest BCUT2D eigenvalue weighted by atomic mass is 10.1. The first-order valence-electron chi connectivity index (χ1n) is 6.32. The highest BCUT2D eigenvalue weighted by Crippen LogP contribution is 1.99. The van der Waals surface area contributed by atoms with Crippen LogP contribution in [0.3, 0.4) is 0 Å². The lowest BCUT2D eigenvalue weighted by molar-refractivity contribution is -0.139. The minimum absolute atomic E-state index is 0.126. The number of ether oxygens (including phenoxy) is 2. The number of carboxylic acids is 1. The lowest BCUT2D eigenvalue weighted by Crippen LogP contribution is -2.50. The molecule has 0 aromatic rings. The van der Waals surface area contributed by atoms with E-state index in [1.807, 2.05) is 6.92 Å². The van der Waals surface area contributed by atoms with Crippen LogP contribution in [0.5, 0.6) is 0 Å². The summed E-state index contributed by atoms with van der Waals surface area (Å²) in [5, 5.41) is 14.1. The Morgan fingerprint density at radius 3 is 2.37 bits per heavy atom. The van der Waals surface area contributed by atoms with Crippen molar-refractivity contribution < 1.29 is 24.2 Å². The summed E-state index contributed by atoms with van der Waals surface area (Å²) >= 11 is 0. The first-order chi connectivity index (χ1) is 9.04. The largest absolute Gasteiger partial charge is 0.480 e. The molecule has 0 rings (SSSR count). The van der Waals surface area contributed by atoms with Crippen LogP contribution in [0.2, 0.25) is 0 Å². The quantitative estimate of drug-likeness (QED) is 0.507. The van der Waals surface area contributed by atoms with E-state index in [2.05, 4.69) is 10.6 Å². The molecule has 0 saturated carbocycles. The van der Waals surface area contributed by atoms with Crippen molar-refractivity contribution in [2.45, 2.75) is 38.3 Å². The smallest absolute Gasteiger partial charge is 0.326 e. The van der Waals surface area contributed by atoms with Gasteiger partial charge in [-0.25, -0.2) is 9.59 Å². The second-order valence-corrected chi connectivity index (χ2v) is 4.20. The van der Waals surface area contributed by atoms with E-state index in [9.17, 15) is 9.59 Å². The second kappa shape index (κ2) is 10.6. The molecule has 0 fully saturated rings. The summed E-state index contributed by atoms with van der Waals surface area (Å²) in [6.45, 7) is 2.77. The van der Waals surface area contributed by atoms with E-state index in [-0.39, 0.29) is 6.04 Å². The highest BCUT2D eigenvalue weighted by Gasteiger charge is 2.20. The predicted molar refractivity (Wildman–Crippen MR) is 70.2 cm³/mol. The van der Waals surface area contributed by atoms with Gasteiger partial charge >= 0.3 is 12.0 Å². The molecule has 2 amide bonds. The Kier molecular flexibility index (Phi) is 9.82. The molecule has 0 aliphatic rings. The molecule has 19 heavy (non-hydrogen) atoms. The molecule has 0 aromatic heterocycles. The molecule has 0 saturated heterocycles. The molecule has 0 aliphatic heterocycles. The molecule has 7 heteroatoms. The molecule has 3 N–H and O–H groups in total. The van der Waals surface area contributed by atoms with Crippen molar-refractivity contribution in [1.29, 1.82) is 0 Å². The molecule has 0 aromatic carbocycles. The summed E-state index contributed by atoms with van der Waals surface area (Å²) in [5.41, 5.74) is 0. The molecule has 7 nitrogen and oxygen atoms in total. The number of methoxy groups -OCH3 is 2. The number of nitrogens with one attached hydrogen (secondary N) is 2. The van der Waals surface area contributed by atoms with Crippen LogP contribution in [0.25, 0.3) is 0 Å². The van der Waals surface area contributed by atoms with Gasteiger partial charge in [0.15, 0.2) is 0 Å². The first-order valence-corrected chi connectivity index (χ1v) is 6.32. The number of carbonyl (C=O) groups excluding carboxylic acids is 1. The summed E-state index contributed by atoms with van der Waals surface area (Å²) in [5.74, 6) is -1.05. The highest BCUT2D eigenvalue weighted by atomic mass is 16.5. The summed E-state index contributed by atoms with van der Waals surface area (Å²) in [7, 11) is 3.10. The lowest BCUT2D eigenvalue weighted by Gasteiger charge is -2.19. The van der Waals surface area contributed by atoms with Gasteiger partial charge in [0.2, 0.25) is 0 Å². The summed E-state index contributed by atoms with van der Waals surface area (Å²) < 4.78 is 9.81. The fourth-order valence-corrected chi connectivity index (χ4v) is 1.54. The highest BCUT2D eigenvalue weighted by molar-refractivity contribution is 5.82. The minimum atomic E-state index is -1.05. The van der Waals surface area contributed by atoms with Gasteiger partial charge in [-0.3, -0.25) is 0 Å². The monoisotopic (exact) mass is 276 g/mol. The average Bonchev–Trinajstić information content (AvgIpc) is 2.37. The zero-order valence-corrected chi connectivity index (χ0v) is 11.8. The van der Waals surface area contributed by atoms with Crippen LogP contribution in [-0.4, -0.2) is 56.6 Å². The molecule has 112 valence electrons. The van der Waals surface area contributed by atoms with Gasteiger partial charge in [-0.1, -0.05) is 6.92 Å². The molecular formula is C12H24N2O5. The molecular weight excluding hydrogens is 252 g/mol. The van der Waals surface area contributed by atoms with E-state index in [0.29, 0.717) is 32.5 Å². The van der Waals surface area contributed by atoms with Crippen LogP contribution < -0.4 is 10.6 Å². The van der Waals surface area contributed by atoms with Gasteiger partial charge in [0.1, 0.15) is 6.04 Å². The third kappa shape index (κ3) is 8.39. The first kappa shape index (κ1) is 17.7. The van der Waals surface area contributed by atoms with Crippen molar-refractivity contribution in [3.63, 3.8) is 0 Å². The van der Waals surface area contributed by atoms with Crippen molar-refractivity contribution >= 4 is 12.0 Å². The predicted octanol–water partition coefficient (Wildman–Crippen LogP) is 0.590. The Balaban J connectivity index is 4.18. The maximum atomic E-state index is 11.7. The van der Waals surface area contributed by atoms with E-state index in [4.69, 9.17) is 14.6 Å². The van der Waals surface area contributed by atoms with Crippen LogP contribution in [0.1, 0.15) is 26.2 Å². The van der Waals surface area contributed by atoms with Gasteiger partial charge in [-0.15, -0.1) is 0 Å². The van der Waals surface area contributed by atoms with E-state index >= 15 is 0 Å². The maximum absolute atomic E-state index is 11.7. The van der Waals surface area contributed by atoms with E-state index in [1.54, 1.807) is 14.2 Å². The summed E-state index contributed by atoms with van der Waals surface area (Å²) in [6.07, 6.45) is 1.61. The Bertz CT molecular complexity index is 273.